The highest BCUT2D eigenvalue weighted by atomic mass is 31.0. The molecule has 8 rings (SSSR count). The van der Waals surface area contributed by atoms with Gasteiger partial charge in [-0.05, 0) is 231 Å². The van der Waals surface area contributed by atoms with E-state index in [0.29, 0.717) is 51.4 Å². The van der Waals surface area contributed by atoms with E-state index in [-0.39, 0.29) is 12.2 Å². The molecular formula is C59H107O3P. The van der Waals surface area contributed by atoms with Crippen molar-refractivity contribution < 1.29 is 14.7 Å². The van der Waals surface area contributed by atoms with Crippen LogP contribution in [0.1, 0.15) is 231 Å². The largest absolute Gasteiger partial charge is 0.393 e. The molecule has 0 aromatic carbocycles. The van der Waals surface area contributed by atoms with E-state index >= 15 is 0 Å². The summed E-state index contributed by atoms with van der Waals surface area (Å²) in [5, 5.41) is 21.7. The zero-order valence-corrected chi connectivity index (χ0v) is 45.1. The van der Waals surface area contributed by atoms with Crippen LogP contribution in [-0.4, -0.2) is 28.5 Å². The molecule has 8 aliphatic carbocycles. The molecular weight excluding hydrogens is 788 g/mol. The van der Waals surface area contributed by atoms with Gasteiger partial charge in [0, 0.05) is 9.47 Å². The van der Waals surface area contributed by atoms with Gasteiger partial charge in [-0.15, -0.1) is 0 Å². The third kappa shape index (κ3) is 9.52. The van der Waals surface area contributed by atoms with Gasteiger partial charge in [-0.1, -0.05) is 122 Å². The van der Waals surface area contributed by atoms with Crippen molar-refractivity contribution in [2.45, 2.75) is 250 Å². The lowest BCUT2D eigenvalue weighted by molar-refractivity contribution is -0.174. The van der Waals surface area contributed by atoms with Crippen LogP contribution in [-0.2, 0) is 4.52 Å². The first kappa shape index (κ1) is 51.2. The lowest BCUT2D eigenvalue weighted by Gasteiger charge is -2.63. The molecule has 0 aromatic heterocycles. The van der Waals surface area contributed by atoms with Crippen molar-refractivity contribution in [3.05, 3.63) is 0 Å². The van der Waals surface area contributed by atoms with Crippen LogP contribution < -0.4 is 0 Å². The average molecular weight is 895 g/mol. The summed E-state index contributed by atoms with van der Waals surface area (Å²) in [5.74, 6) is 13.7. The van der Waals surface area contributed by atoms with E-state index in [2.05, 4.69) is 99.5 Å². The molecule has 8 aliphatic rings. The Labute approximate surface area is 394 Å². The first-order valence-electron chi connectivity index (χ1n) is 28.5. The molecule has 8 fully saturated rings. The highest BCUT2D eigenvalue weighted by Crippen LogP contribution is 2.71. The monoisotopic (exact) mass is 895 g/mol. The summed E-state index contributed by atoms with van der Waals surface area (Å²) in [5.41, 5.74) is 1.90. The maximum absolute atomic E-state index is 11.4. The van der Waals surface area contributed by atoms with E-state index in [1.165, 1.54) is 122 Å². The summed E-state index contributed by atoms with van der Waals surface area (Å²) < 4.78 is 6.28. The third-order valence-electron chi connectivity index (χ3n) is 24.2. The van der Waals surface area contributed by atoms with E-state index in [0.717, 1.165) is 96.2 Å². The first-order chi connectivity index (χ1) is 29.8. The average Bonchev–Trinajstić information content (AvgIpc) is 3.78. The predicted molar refractivity (Wildman–Crippen MR) is 271 cm³/mol. The third-order valence-corrected chi connectivity index (χ3v) is 24.5. The summed E-state index contributed by atoms with van der Waals surface area (Å²) in [7, 11) is 2.71. The fourth-order valence-electron chi connectivity index (χ4n) is 20.1. The molecule has 7 unspecified atom stereocenters. The number of aliphatic hydroxyl groups is 2. The summed E-state index contributed by atoms with van der Waals surface area (Å²) in [6, 6.07) is 0. The lowest BCUT2D eigenvalue weighted by atomic mass is 9.43. The van der Waals surface area contributed by atoms with Crippen LogP contribution in [0, 0.1) is 122 Å². The maximum Gasteiger partial charge on any atom is 0.0647 e. The number of hydrogen-bond donors (Lipinski definition) is 2. The Morgan fingerprint density at radius 3 is 1.46 bits per heavy atom. The van der Waals surface area contributed by atoms with Crippen LogP contribution in [0.2, 0.25) is 0 Å². The van der Waals surface area contributed by atoms with Crippen molar-refractivity contribution in [2.24, 2.45) is 122 Å². The number of aliphatic hydroxyl groups excluding tert-OH is 2. The van der Waals surface area contributed by atoms with Crippen LogP contribution in [0.25, 0.3) is 0 Å². The Bertz CT molecular complexity index is 1460. The number of hydrogen-bond acceptors (Lipinski definition) is 3. The molecule has 0 aliphatic heterocycles. The molecule has 63 heavy (non-hydrogen) atoms. The molecule has 0 saturated heterocycles. The smallest absolute Gasteiger partial charge is 0.0647 e. The van der Waals surface area contributed by atoms with Gasteiger partial charge in [-0.25, -0.2) is 0 Å². The van der Waals surface area contributed by atoms with Gasteiger partial charge in [0.2, 0.25) is 0 Å². The van der Waals surface area contributed by atoms with Gasteiger partial charge in [0.1, 0.15) is 0 Å². The first-order valence-corrected chi connectivity index (χ1v) is 29.0. The van der Waals surface area contributed by atoms with Crippen molar-refractivity contribution >= 4 is 9.47 Å². The summed E-state index contributed by atoms with van der Waals surface area (Å²) in [6.07, 6.45) is 29.5. The molecule has 0 heterocycles. The van der Waals surface area contributed by atoms with Gasteiger partial charge in [-0.3, -0.25) is 0 Å². The molecule has 4 heteroatoms. The molecule has 3 nitrogen and oxygen atoms in total. The van der Waals surface area contributed by atoms with Crippen molar-refractivity contribution in [1.29, 1.82) is 0 Å². The molecule has 0 amide bonds. The van der Waals surface area contributed by atoms with Crippen LogP contribution in [0.4, 0.5) is 0 Å². The zero-order valence-electron chi connectivity index (χ0n) is 44.0. The van der Waals surface area contributed by atoms with Crippen molar-refractivity contribution in [3.8, 4) is 0 Å². The molecule has 0 spiro atoms. The lowest BCUT2D eigenvalue weighted by Crippen LogP contribution is -2.58. The van der Waals surface area contributed by atoms with Crippen LogP contribution in [0.3, 0.4) is 0 Å². The van der Waals surface area contributed by atoms with Crippen molar-refractivity contribution in [2.75, 3.05) is 0 Å². The topological polar surface area (TPSA) is 49.7 Å². The summed E-state index contributed by atoms with van der Waals surface area (Å²) in [4.78, 5) is 0. The quantitative estimate of drug-likeness (QED) is 0.181. The normalized spacial score (nSPS) is 48.7. The SMILES string of the molecule is CC[C@H](CC[C@@H](C)[C@H]1CCC2[C@@H]3C(O)C[C@@H]4C[C@@H](O)CC[C@]4(C)C3CC[C@@]21C)C(C)C.CC[C@H](CC[C@@H](C)[C@H]1CCC2[C@@H]3C(OP)C[C@@H]4C[C@@H](C)CC[C@]4(C)C3CC[C@@]21C)C(C)C. The Balaban J connectivity index is 0.000000189. The second kappa shape index (κ2) is 20.3. The zero-order chi connectivity index (χ0) is 45.8. The summed E-state index contributed by atoms with van der Waals surface area (Å²) in [6.45, 7) is 32.6. The highest BCUT2D eigenvalue weighted by molar-refractivity contribution is 7.09. The predicted octanol–water partition coefficient (Wildman–Crippen LogP) is 16.2. The summed E-state index contributed by atoms with van der Waals surface area (Å²) >= 11 is 0. The number of rotatable bonds is 13. The Morgan fingerprint density at radius 1 is 0.524 bits per heavy atom. The molecule has 2 N–H and O–H groups in total. The molecule has 8 saturated carbocycles. The Morgan fingerprint density at radius 2 is 0.968 bits per heavy atom. The van der Waals surface area contributed by atoms with E-state index in [1.54, 1.807) is 0 Å². The minimum atomic E-state index is -0.141. The minimum absolute atomic E-state index is 0.134. The van der Waals surface area contributed by atoms with Crippen molar-refractivity contribution in [3.63, 3.8) is 0 Å². The van der Waals surface area contributed by atoms with Crippen LogP contribution in [0.15, 0.2) is 0 Å². The second-order valence-electron chi connectivity index (χ2n) is 27.4. The van der Waals surface area contributed by atoms with Crippen LogP contribution in [0.5, 0.6) is 0 Å². The minimum Gasteiger partial charge on any atom is -0.393 e. The van der Waals surface area contributed by atoms with Gasteiger partial charge in [-0.2, -0.15) is 0 Å². The fraction of sp³-hybridized carbons (Fsp3) is 1.00. The van der Waals surface area contributed by atoms with Gasteiger partial charge >= 0.3 is 0 Å². The molecule has 0 radical (unpaired) electrons. The highest BCUT2D eigenvalue weighted by Gasteiger charge is 2.65. The molecule has 0 bridgehead atoms. The standard InChI is InChI=1S/C30H55OP.C29H52O2/c1-8-22(19(2)3)10-9-21(5)24-11-12-25-28-26(14-16-30(24,25)7)29(6)15-13-20(4)17-23(29)18-27(28)31-32;1-7-20(18(2)3)9-8-19(4)23-10-11-24-27-25(13-15-29(23,24)6)28(5)14-12-22(30)16-21(28)17-26(27)31/h19-28H,8-18,32H2,1-7H3;18-27,30-31H,7-17H2,1-6H3/t20-,21+,22+,23-,24+,25?,26?,27?,28-,29-,30+;19-,20-,21+,22+,23-,24?,25?,26?,27+,28+,29-/m01/s1. The molecule has 23 atom stereocenters. The number of fused-ring (bicyclic) bond motifs is 10. The molecule has 366 valence electrons. The van der Waals surface area contributed by atoms with Gasteiger partial charge in [0.15, 0.2) is 0 Å². The van der Waals surface area contributed by atoms with Gasteiger partial charge in [0.05, 0.1) is 18.3 Å². The van der Waals surface area contributed by atoms with E-state index < -0.39 is 0 Å². The van der Waals surface area contributed by atoms with E-state index in [1.807, 2.05) is 0 Å². The molecule has 0 aromatic rings. The van der Waals surface area contributed by atoms with E-state index in [4.69, 9.17) is 4.52 Å². The van der Waals surface area contributed by atoms with Crippen molar-refractivity contribution in [1.82, 2.24) is 0 Å². The maximum atomic E-state index is 11.4. The fourth-order valence-corrected chi connectivity index (χ4v) is 20.4. The Hall–Kier alpha value is 0.310. The van der Waals surface area contributed by atoms with Gasteiger partial charge < -0.3 is 14.7 Å². The van der Waals surface area contributed by atoms with E-state index in [9.17, 15) is 10.2 Å². The van der Waals surface area contributed by atoms with Crippen LogP contribution >= 0.6 is 9.47 Å². The van der Waals surface area contributed by atoms with Gasteiger partial charge in [0.25, 0.3) is 0 Å². The second-order valence-corrected chi connectivity index (χ2v) is 27.7. The Kier molecular flexibility index (Phi) is 16.5.